The second-order valence-electron chi connectivity index (χ2n) is 9.31. The molecular formula is C27H31N7O2. The number of nitrogens with zero attached hydrogens (tertiary/aromatic N) is 6. The van der Waals surface area contributed by atoms with Gasteiger partial charge >= 0.3 is 6.03 Å². The number of ether oxygens (including phenoxy) is 1. The number of fused-ring (bicyclic) bond motifs is 1. The van der Waals surface area contributed by atoms with Crippen LogP contribution < -0.4 is 10.1 Å². The Balaban J connectivity index is 1.57. The number of rotatable bonds is 4. The highest BCUT2D eigenvalue weighted by Crippen LogP contribution is 2.37. The fraction of sp³-hybridized carbons (Fsp3) is 0.333. The smallest absolute Gasteiger partial charge is 0.322 e. The average molecular weight is 486 g/mol. The molecule has 0 saturated carbocycles. The van der Waals surface area contributed by atoms with Crippen LogP contribution in [0.2, 0.25) is 0 Å². The molecule has 9 heteroatoms. The molecule has 4 aromatic rings. The van der Waals surface area contributed by atoms with E-state index < -0.39 is 0 Å². The van der Waals surface area contributed by atoms with Gasteiger partial charge in [-0.25, -0.2) is 14.8 Å². The van der Waals surface area contributed by atoms with E-state index in [-0.39, 0.29) is 18.1 Å². The first-order valence-electron chi connectivity index (χ1n) is 12.1. The van der Waals surface area contributed by atoms with Crippen molar-refractivity contribution in [3.63, 3.8) is 0 Å². The summed E-state index contributed by atoms with van der Waals surface area (Å²) < 4.78 is 7.42. The predicted octanol–water partition coefficient (Wildman–Crippen LogP) is 4.26. The van der Waals surface area contributed by atoms with E-state index in [0.29, 0.717) is 18.0 Å². The molecule has 186 valence electrons. The van der Waals surface area contributed by atoms with Crippen LogP contribution in [-0.2, 0) is 7.05 Å². The Morgan fingerprint density at radius 3 is 2.56 bits per heavy atom. The van der Waals surface area contributed by atoms with Gasteiger partial charge in [0.2, 0.25) is 0 Å². The van der Waals surface area contributed by atoms with Crippen molar-refractivity contribution >= 4 is 22.6 Å². The van der Waals surface area contributed by atoms with Crippen LogP contribution in [0.15, 0.2) is 55.0 Å². The number of aryl methyl sites for hydroxylation is 1. The lowest BCUT2D eigenvalue weighted by Gasteiger charge is -2.43. The number of amides is 2. The van der Waals surface area contributed by atoms with E-state index in [0.717, 1.165) is 40.0 Å². The summed E-state index contributed by atoms with van der Waals surface area (Å²) >= 11 is 0. The molecule has 0 spiro atoms. The molecule has 3 heterocycles. The summed E-state index contributed by atoms with van der Waals surface area (Å²) in [5.41, 5.74) is 4.76. The number of piperazine rings is 1. The van der Waals surface area contributed by atoms with Gasteiger partial charge in [0.25, 0.3) is 0 Å². The van der Waals surface area contributed by atoms with Gasteiger partial charge in [-0.3, -0.25) is 9.58 Å². The molecule has 36 heavy (non-hydrogen) atoms. The number of anilines is 1. The van der Waals surface area contributed by atoms with Gasteiger partial charge in [-0.2, -0.15) is 5.10 Å². The minimum Gasteiger partial charge on any atom is -0.494 e. The molecule has 0 bridgehead atoms. The van der Waals surface area contributed by atoms with Gasteiger partial charge in [-0.05, 0) is 27.0 Å². The Hall–Kier alpha value is -3.98. The van der Waals surface area contributed by atoms with Crippen molar-refractivity contribution in [2.24, 2.45) is 7.05 Å². The number of nitrogens with one attached hydrogen (secondary N) is 1. The Morgan fingerprint density at radius 1 is 1.03 bits per heavy atom. The molecule has 1 aliphatic heterocycles. The molecule has 0 aliphatic carbocycles. The van der Waals surface area contributed by atoms with Crippen LogP contribution in [0.4, 0.5) is 10.5 Å². The van der Waals surface area contributed by atoms with E-state index >= 15 is 0 Å². The highest BCUT2D eigenvalue weighted by atomic mass is 16.5. The second kappa shape index (κ2) is 9.58. The van der Waals surface area contributed by atoms with E-state index in [1.807, 2.05) is 60.6 Å². The Labute approximate surface area is 210 Å². The Morgan fingerprint density at radius 2 is 1.81 bits per heavy atom. The summed E-state index contributed by atoms with van der Waals surface area (Å²) in [6.45, 7) is 5.71. The average Bonchev–Trinajstić information content (AvgIpc) is 3.28. The quantitative estimate of drug-likeness (QED) is 0.465. The number of likely N-dealkylation sites (N-methyl/N-ethyl adjacent to an activating group) is 1. The van der Waals surface area contributed by atoms with Gasteiger partial charge in [0.05, 0.1) is 24.0 Å². The normalized spacial score (nSPS) is 18.4. The fourth-order valence-corrected chi connectivity index (χ4v) is 4.81. The van der Waals surface area contributed by atoms with Crippen LogP contribution in [0.3, 0.4) is 0 Å². The maximum atomic E-state index is 13.3. The monoisotopic (exact) mass is 485 g/mol. The largest absolute Gasteiger partial charge is 0.494 e. The zero-order valence-corrected chi connectivity index (χ0v) is 21.3. The van der Waals surface area contributed by atoms with E-state index in [4.69, 9.17) is 9.84 Å². The third kappa shape index (κ3) is 4.26. The SMILES string of the molecule is COc1cc2ncnc(-c3cn(C)nc3-c3ccccc3)c2cc1NC(=O)N1CCN(C)[C@@H](C)[C@H]1C. The molecule has 9 nitrogen and oxygen atoms in total. The van der Waals surface area contributed by atoms with Crippen LogP contribution >= 0.6 is 0 Å². The number of hydrogen-bond donors (Lipinski definition) is 1. The first-order chi connectivity index (χ1) is 17.4. The number of benzene rings is 2. The van der Waals surface area contributed by atoms with E-state index in [9.17, 15) is 4.79 Å². The minimum absolute atomic E-state index is 0.0814. The third-order valence-electron chi connectivity index (χ3n) is 7.17. The predicted molar refractivity (Wildman–Crippen MR) is 141 cm³/mol. The number of aromatic nitrogens is 4. The third-order valence-corrected chi connectivity index (χ3v) is 7.17. The topological polar surface area (TPSA) is 88.4 Å². The van der Waals surface area contributed by atoms with Crippen molar-refractivity contribution in [1.82, 2.24) is 29.5 Å². The molecule has 2 amide bonds. The van der Waals surface area contributed by atoms with Crippen LogP contribution in [0.5, 0.6) is 5.75 Å². The lowest BCUT2D eigenvalue weighted by atomic mass is 10.0. The van der Waals surface area contributed by atoms with Crippen molar-refractivity contribution in [1.29, 1.82) is 0 Å². The molecule has 2 atom stereocenters. The molecule has 1 fully saturated rings. The van der Waals surface area contributed by atoms with Gasteiger partial charge in [-0.15, -0.1) is 0 Å². The number of carbonyl (C=O) groups excluding carboxylic acids is 1. The van der Waals surface area contributed by atoms with Gasteiger partial charge in [0.15, 0.2) is 0 Å². The number of urea groups is 1. The van der Waals surface area contributed by atoms with Crippen LogP contribution in [0.1, 0.15) is 13.8 Å². The molecule has 1 N–H and O–H groups in total. The molecule has 0 radical (unpaired) electrons. The van der Waals surface area contributed by atoms with Crippen molar-refractivity contribution in [3.05, 3.63) is 55.0 Å². The molecule has 1 saturated heterocycles. The van der Waals surface area contributed by atoms with Crippen molar-refractivity contribution < 1.29 is 9.53 Å². The summed E-state index contributed by atoms with van der Waals surface area (Å²) in [5.74, 6) is 0.546. The standard InChI is InChI=1S/C27H31N7O2/c1-17-18(2)34(12-11-32(17)3)27(35)30-23-13-20-22(14-24(23)36-5)28-16-29-26(20)21-15-33(4)31-25(21)19-9-7-6-8-10-19/h6-10,13-18H,11-12H2,1-5H3,(H,30,35)/t17-,18+/m0/s1. The molecule has 2 aromatic carbocycles. The van der Waals surface area contributed by atoms with Gasteiger partial charge in [0.1, 0.15) is 17.8 Å². The van der Waals surface area contributed by atoms with Crippen molar-refractivity contribution in [2.75, 3.05) is 32.6 Å². The van der Waals surface area contributed by atoms with Crippen LogP contribution in [-0.4, -0.2) is 74.9 Å². The lowest BCUT2D eigenvalue weighted by Crippen LogP contribution is -2.58. The summed E-state index contributed by atoms with van der Waals surface area (Å²) in [7, 11) is 5.58. The first kappa shape index (κ1) is 23.7. The minimum atomic E-state index is -0.148. The van der Waals surface area contributed by atoms with Crippen LogP contribution in [0, 0.1) is 0 Å². The highest BCUT2D eigenvalue weighted by molar-refractivity contribution is 6.01. The molecular weight excluding hydrogens is 454 g/mol. The van der Waals surface area contributed by atoms with E-state index in [1.165, 1.54) is 0 Å². The van der Waals surface area contributed by atoms with E-state index in [2.05, 4.69) is 41.1 Å². The van der Waals surface area contributed by atoms with Crippen molar-refractivity contribution in [2.45, 2.75) is 25.9 Å². The van der Waals surface area contributed by atoms with Gasteiger partial charge < -0.3 is 15.0 Å². The lowest BCUT2D eigenvalue weighted by molar-refractivity contribution is 0.0795. The van der Waals surface area contributed by atoms with Gasteiger partial charge in [-0.1, -0.05) is 30.3 Å². The molecule has 0 unspecified atom stereocenters. The molecule has 2 aromatic heterocycles. The van der Waals surface area contributed by atoms with E-state index in [1.54, 1.807) is 18.1 Å². The van der Waals surface area contributed by atoms with Crippen LogP contribution in [0.25, 0.3) is 33.4 Å². The maximum absolute atomic E-state index is 13.3. The zero-order valence-electron chi connectivity index (χ0n) is 21.3. The highest BCUT2D eigenvalue weighted by Gasteiger charge is 2.32. The summed E-state index contributed by atoms with van der Waals surface area (Å²) in [6, 6.07) is 14.0. The maximum Gasteiger partial charge on any atom is 0.322 e. The Bertz CT molecular complexity index is 1400. The first-order valence-corrected chi connectivity index (χ1v) is 12.1. The van der Waals surface area contributed by atoms with Crippen molar-refractivity contribution in [3.8, 4) is 28.3 Å². The number of methoxy groups -OCH3 is 1. The fourth-order valence-electron chi connectivity index (χ4n) is 4.81. The molecule has 5 rings (SSSR count). The second-order valence-corrected chi connectivity index (χ2v) is 9.31. The summed E-state index contributed by atoms with van der Waals surface area (Å²) in [6.07, 6.45) is 3.50. The van der Waals surface area contributed by atoms with Gasteiger partial charge in [0, 0.05) is 61.0 Å². The summed E-state index contributed by atoms with van der Waals surface area (Å²) in [5, 5.41) is 8.59. The molecule has 1 aliphatic rings. The number of hydrogen-bond acceptors (Lipinski definition) is 6. The zero-order chi connectivity index (χ0) is 25.4. The Kier molecular flexibility index (Phi) is 6.32. The number of carbonyl (C=O) groups is 1. The summed E-state index contributed by atoms with van der Waals surface area (Å²) in [4.78, 5) is 26.6.